The number of carbonyl (C=O) groups excluding carboxylic acids is 2. The van der Waals surface area contributed by atoms with E-state index in [2.05, 4.69) is 18.9 Å². The van der Waals surface area contributed by atoms with E-state index >= 15 is 0 Å². The van der Waals surface area contributed by atoms with Crippen LogP contribution in [0.15, 0.2) is 36.4 Å². The molecule has 2 amide bonds. The molecule has 2 aromatic rings. The van der Waals surface area contributed by atoms with Gasteiger partial charge in [-0.3, -0.25) is 9.59 Å². The second kappa shape index (κ2) is 8.98. The molecule has 0 unspecified atom stereocenters. The zero-order chi connectivity index (χ0) is 22.9. The molecule has 2 aliphatic rings. The number of aromatic nitrogens is 2. The van der Waals surface area contributed by atoms with Crippen molar-refractivity contribution in [1.82, 2.24) is 24.7 Å². The number of benzene rings is 1. The molecule has 2 saturated heterocycles. The average molecular weight is 436 g/mol. The van der Waals surface area contributed by atoms with Gasteiger partial charge in [0.15, 0.2) is 0 Å². The Morgan fingerprint density at radius 1 is 1.03 bits per heavy atom. The van der Waals surface area contributed by atoms with Gasteiger partial charge in [-0.2, -0.15) is 0 Å². The van der Waals surface area contributed by atoms with E-state index in [9.17, 15) is 9.59 Å². The molecule has 3 heterocycles. The number of carbonyl (C=O) groups is 2. The number of hydrogen-bond acceptors (Lipinski definition) is 5. The van der Waals surface area contributed by atoms with Crippen molar-refractivity contribution >= 4 is 11.8 Å². The Labute approximate surface area is 190 Å². The first-order chi connectivity index (χ1) is 15.3. The molecule has 0 N–H and O–H groups in total. The summed E-state index contributed by atoms with van der Waals surface area (Å²) in [4.78, 5) is 41.3. The zero-order valence-corrected chi connectivity index (χ0v) is 19.5. The van der Waals surface area contributed by atoms with E-state index in [4.69, 9.17) is 9.97 Å². The van der Waals surface area contributed by atoms with E-state index in [1.54, 1.807) is 13.0 Å². The maximum absolute atomic E-state index is 13.7. The highest BCUT2D eigenvalue weighted by molar-refractivity contribution is 5.93. The standard InChI is InChI=1S/C25H33N5O2/c1-18-16-21(27-24(26-18)25(3)10-12-28(4)13-11-25)23(32)30-15-14-29(19(2)31)17-22(30)20-8-6-5-7-9-20/h5-9,16,22H,10-15,17H2,1-4H3/t22-/m1/s1. The topological polar surface area (TPSA) is 69.6 Å². The first-order valence-corrected chi connectivity index (χ1v) is 11.4. The Bertz CT molecular complexity index is 985. The van der Waals surface area contributed by atoms with E-state index in [1.165, 1.54) is 0 Å². The molecule has 4 rings (SSSR count). The molecular weight excluding hydrogens is 402 g/mol. The summed E-state index contributed by atoms with van der Waals surface area (Å²) in [5.41, 5.74) is 2.17. The number of rotatable bonds is 3. The molecule has 1 aromatic heterocycles. The van der Waals surface area contributed by atoms with Crippen LogP contribution in [0.3, 0.4) is 0 Å². The van der Waals surface area contributed by atoms with Crippen molar-refractivity contribution in [3.8, 4) is 0 Å². The maximum atomic E-state index is 13.7. The minimum Gasteiger partial charge on any atom is -0.339 e. The van der Waals surface area contributed by atoms with Crippen molar-refractivity contribution in [3.63, 3.8) is 0 Å². The summed E-state index contributed by atoms with van der Waals surface area (Å²) < 4.78 is 0. The van der Waals surface area contributed by atoms with Gasteiger partial charge in [0.05, 0.1) is 6.04 Å². The van der Waals surface area contributed by atoms with Crippen LogP contribution in [0.1, 0.15) is 60.3 Å². The molecule has 0 bridgehead atoms. The van der Waals surface area contributed by atoms with Crippen molar-refractivity contribution in [3.05, 3.63) is 59.2 Å². The van der Waals surface area contributed by atoms with Crippen LogP contribution in [0.2, 0.25) is 0 Å². The van der Waals surface area contributed by atoms with Gasteiger partial charge in [-0.15, -0.1) is 0 Å². The number of piperazine rings is 1. The summed E-state index contributed by atoms with van der Waals surface area (Å²) in [6.07, 6.45) is 1.95. The summed E-state index contributed by atoms with van der Waals surface area (Å²) >= 11 is 0. The zero-order valence-electron chi connectivity index (χ0n) is 19.5. The summed E-state index contributed by atoms with van der Waals surface area (Å²) in [6, 6.07) is 11.5. The fourth-order valence-electron chi connectivity index (χ4n) is 4.70. The van der Waals surface area contributed by atoms with E-state index in [0.29, 0.717) is 25.3 Å². The van der Waals surface area contributed by atoms with Gasteiger partial charge < -0.3 is 14.7 Å². The van der Waals surface area contributed by atoms with Crippen LogP contribution in [0.5, 0.6) is 0 Å². The number of nitrogens with zero attached hydrogens (tertiary/aromatic N) is 5. The minimum absolute atomic E-state index is 0.0355. The Hall–Kier alpha value is -2.80. The van der Waals surface area contributed by atoms with E-state index in [0.717, 1.165) is 43.0 Å². The van der Waals surface area contributed by atoms with Crippen LogP contribution in [-0.2, 0) is 10.2 Å². The van der Waals surface area contributed by atoms with Crippen LogP contribution in [0.4, 0.5) is 0 Å². The number of hydrogen-bond donors (Lipinski definition) is 0. The molecule has 2 aliphatic heterocycles. The van der Waals surface area contributed by atoms with E-state index in [1.807, 2.05) is 47.1 Å². The second-order valence-corrected chi connectivity index (χ2v) is 9.47. The van der Waals surface area contributed by atoms with Gasteiger partial charge in [-0.25, -0.2) is 9.97 Å². The first kappa shape index (κ1) is 22.4. The summed E-state index contributed by atoms with van der Waals surface area (Å²) in [5.74, 6) is 0.714. The van der Waals surface area contributed by atoms with E-state index in [-0.39, 0.29) is 23.3 Å². The monoisotopic (exact) mass is 435 g/mol. The fourth-order valence-corrected chi connectivity index (χ4v) is 4.70. The van der Waals surface area contributed by atoms with Crippen LogP contribution < -0.4 is 0 Å². The largest absolute Gasteiger partial charge is 0.339 e. The lowest BCUT2D eigenvalue weighted by Gasteiger charge is -2.41. The van der Waals surface area contributed by atoms with Crippen molar-refractivity contribution < 1.29 is 9.59 Å². The summed E-state index contributed by atoms with van der Waals surface area (Å²) in [5, 5.41) is 0. The molecule has 7 nitrogen and oxygen atoms in total. The summed E-state index contributed by atoms with van der Waals surface area (Å²) in [6.45, 7) is 9.24. The molecule has 2 fully saturated rings. The van der Waals surface area contributed by atoms with Crippen molar-refractivity contribution in [2.24, 2.45) is 0 Å². The lowest BCUT2D eigenvalue weighted by atomic mass is 9.79. The molecule has 32 heavy (non-hydrogen) atoms. The van der Waals surface area contributed by atoms with Gasteiger partial charge in [0, 0.05) is 37.7 Å². The Balaban J connectivity index is 1.65. The molecular formula is C25H33N5O2. The third-order valence-electron chi connectivity index (χ3n) is 6.97. The molecule has 1 atom stereocenters. The predicted octanol–water partition coefficient (Wildman–Crippen LogP) is 2.81. The number of piperidine rings is 1. The number of aryl methyl sites for hydroxylation is 1. The fraction of sp³-hybridized carbons (Fsp3) is 0.520. The third kappa shape index (κ3) is 4.53. The minimum atomic E-state index is -0.195. The maximum Gasteiger partial charge on any atom is 0.273 e. The van der Waals surface area contributed by atoms with Gasteiger partial charge in [-0.1, -0.05) is 37.3 Å². The molecule has 0 aliphatic carbocycles. The molecule has 7 heteroatoms. The van der Waals surface area contributed by atoms with Crippen LogP contribution in [0.25, 0.3) is 0 Å². The lowest BCUT2D eigenvalue weighted by molar-refractivity contribution is -0.131. The van der Waals surface area contributed by atoms with Crippen LogP contribution >= 0.6 is 0 Å². The normalized spacial score (nSPS) is 21.4. The molecule has 0 radical (unpaired) electrons. The molecule has 170 valence electrons. The molecule has 0 spiro atoms. The predicted molar refractivity (Wildman–Crippen MR) is 123 cm³/mol. The highest BCUT2D eigenvalue weighted by atomic mass is 16.2. The van der Waals surface area contributed by atoms with Crippen LogP contribution in [-0.4, -0.2) is 76.3 Å². The van der Waals surface area contributed by atoms with E-state index < -0.39 is 0 Å². The molecule has 1 aromatic carbocycles. The first-order valence-electron chi connectivity index (χ1n) is 11.4. The molecule has 0 saturated carbocycles. The second-order valence-electron chi connectivity index (χ2n) is 9.47. The van der Waals surface area contributed by atoms with Gasteiger partial charge in [0.25, 0.3) is 5.91 Å². The Morgan fingerprint density at radius 2 is 1.72 bits per heavy atom. The summed E-state index contributed by atoms with van der Waals surface area (Å²) in [7, 11) is 2.13. The van der Waals surface area contributed by atoms with Gasteiger partial charge in [0.1, 0.15) is 11.5 Å². The lowest BCUT2D eigenvalue weighted by Crippen LogP contribution is -2.52. The number of likely N-dealkylation sites (tertiary alicyclic amines) is 1. The van der Waals surface area contributed by atoms with Gasteiger partial charge in [0.2, 0.25) is 5.91 Å². The smallest absolute Gasteiger partial charge is 0.273 e. The highest BCUT2D eigenvalue weighted by Gasteiger charge is 2.36. The van der Waals surface area contributed by atoms with Crippen molar-refractivity contribution in [2.45, 2.75) is 45.1 Å². The van der Waals surface area contributed by atoms with Crippen molar-refractivity contribution in [1.29, 1.82) is 0 Å². The Morgan fingerprint density at radius 3 is 2.38 bits per heavy atom. The average Bonchev–Trinajstić information content (AvgIpc) is 2.80. The van der Waals surface area contributed by atoms with Crippen molar-refractivity contribution in [2.75, 3.05) is 39.8 Å². The Kier molecular flexibility index (Phi) is 6.29. The highest BCUT2D eigenvalue weighted by Crippen LogP contribution is 2.33. The van der Waals surface area contributed by atoms with Gasteiger partial charge >= 0.3 is 0 Å². The third-order valence-corrected chi connectivity index (χ3v) is 6.97. The van der Waals surface area contributed by atoms with Crippen LogP contribution in [0, 0.1) is 6.92 Å². The quantitative estimate of drug-likeness (QED) is 0.742. The SMILES string of the molecule is CC(=O)N1CCN(C(=O)c2cc(C)nc(C3(C)CCN(C)CC3)n2)[C@@H](c2ccccc2)C1. The van der Waals surface area contributed by atoms with Gasteiger partial charge in [-0.05, 0) is 51.5 Å². The number of amides is 2.